The van der Waals surface area contributed by atoms with Crippen molar-refractivity contribution in [3.8, 4) is 5.75 Å². The molecule has 0 heterocycles. The first-order valence-corrected chi connectivity index (χ1v) is 9.15. The van der Waals surface area contributed by atoms with E-state index in [1.54, 1.807) is 31.4 Å². The van der Waals surface area contributed by atoms with Crippen LogP contribution in [0.15, 0.2) is 36.4 Å². The average Bonchev–Trinajstić information content (AvgIpc) is 3.53. The van der Waals surface area contributed by atoms with Gasteiger partial charge in [0.1, 0.15) is 5.75 Å². The summed E-state index contributed by atoms with van der Waals surface area (Å²) in [7, 11) is 2.89. The largest absolute Gasteiger partial charge is 0.497 e. The Morgan fingerprint density at radius 2 is 1.52 bits per heavy atom. The zero-order valence-corrected chi connectivity index (χ0v) is 15.3. The molecule has 6 heteroatoms. The summed E-state index contributed by atoms with van der Waals surface area (Å²) in [6, 6.07) is 6.62. The van der Waals surface area contributed by atoms with E-state index in [0.717, 1.165) is 6.42 Å². The molecular formula is C21H22O6. The van der Waals surface area contributed by atoms with Gasteiger partial charge in [0.2, 0.25) is 0 Å². The van der Waals surface area contributed by atoms with E-state index in [0.29, 0.717) is 23.1 Å². The molecule has 2 saturated carbocycles. The van der Waals surface area contributed by atoms with Gasteiger partial charge in [-0.25, -0.2) is 0 Å². The van der Waals surface area contributed by atoms with Crippen molar-refractivity contribution < 1.29 is 28.6 Å². The SMILES string of the molecule is COC(=O)[C@H]1[C@@H]2C=C[C@@H]([C@@H]3C[C@H]23)[C@@H]1C(=O)OCC(=O)c1ccc(OC)cc1. The van der Waals surface area contributed by atoms with Crippen LogP contribution in [-0.2, 0) is 19.1 Å². The van der Waals surface area contributed by atoms with Crippen LogP contribution in [0.5, 0.6) is 5.75 Å². The van der Waals surface area contributed by atoms with Crippen molar-refractivity contribution >= 4 is 17.7 Å². The molecule has 5 rings (SSSR count). The molecule has 0 aliphatic heterocycles. The summed E-state index contributed by atoms with van der Waals surface area (Å²) in [6.07, 6.45) is 5.12. The number of carbonyl (C=O) groups excluding carboxylic acids is 3. The highest BCUT2D eigenvalue weighted by Crippen LogP contribution is 2.63. The van der Waals surface area contributed by atoms with E-state index < -0.39 is 17.8 Å². The monoisotopic (exact) mass is 370 g/mol. The number of methoxy groups -OCH3 is 2. The third-order valence-electron chi connectivity index (χ3n) is 6.15. The Morgan fingerprint density at radius 3 is 2.07 bits per heavy atom. The van der Waals surface area contributed by atoms with Crippen LogP contribution in [0.25, 0.3) is 0 Å². The van der Waals surface area contributed by atoms with Gasteiger partial charge in [0, 0.05) is 5.56 Å². The zero-order chi connectivity index (χ0) is 19.1. The van der Waals surface area contributed by atoms with Crippen molar-refractivity contribution in [2.45, 2.75) is 6.42 Å². The number of ether oxygens (including phenoxy) is 3. The number of benzene rings is 1. The maximum atomic E-state index is 12.8. The van der Waals surface area contributed by atoms with Crippen LogP contribution in [-0.4, -0.2) is 38.5 Å². The van der Waals surface area contributed by atoms with E-state index in [-0.39, 0.29) is 30.2 Å². The summed E-state index contributed by atoms with van der Waals surface area (Å²) < 4.78 is 15.4. The molecule has 0 N–H and O–H groups in total. The van der Waals surface area contributed by atoms with Crippen molar-refractivity contribution in [1.82, 2.24) is 0 Å². The Kier molecular flexibility index (Phi) is 4.50. The first kappa shape index (κ1) is 17.8. The molecule has 27 heavy (non-hydrogen) atoms. The van der Waals surface area contributed by atoms with E-state index >= 15 is 0 Å². The van der Waals surface area contributed by atoms with Crippen LogP contribution < -0.4 is 4.74 Å². The van der Waals surface area contributed by atoms with Gasteiger partial charge in [-0.2, -0.15) is 0 Å². The van der Waals surface area contributed by atoms with Crippen LogP contribution >= 0.6 is 0 Å². The number of Topliss-reactive ketones (excluding diaryl/α,β-unsaturated/α-hetero) is 1. The molecule has 6 atom stereocenters. The van der Waals surface area contributed by atoms with Gasteiger partial charge in [-0.05, 0) is 54.4 Å². The van der Waals surface area contributed by atoms with Crippen molar-refractivity contribution in [2.24, 2.45) is 35.5 Å². The molecule has 0 aromatic heterocycles. The van der Waals surface area contributed by atoms with Gasteiger partial charge in [-0.1, -0.05) is 12.2 Å². The molecule has 0 spiro atoms. The summed E-state index contributed by atoms with van der Waals surface area (Å²) in [4.78, 5) is 37.4. The number of allylic oxidation sites excluding steroid dienone is 2. The maximum absolute atomic E-state index is 12.8. The molecule has 0 amide bonds. The Morgan fingerprint density at radius 1 is 0.926 bits per heavy atom. The lowest BCUT2D eigenvalue weighted by molar-refractivity contribution is -0.165. The lowest BCUT2D eigenvalue weighted by atomic mass is 9.62. The standard InChI is InChI=1S/C21H22O6/c1-25-12-5-3-11(4-6-12)17(22)10-27-21(24)19-14-8-7-13(15-9-16(14)15)18(19)20(23)26-2/h3-8,13-16,18-19H,9-10H2,1-2H3/t13-,14+,15-,16+,18+,19+/m1/s1. The van der Waals surface area contributed by atoms with E-state index in [9.17, 15) is 14.4 Å². The number of esters is 2. The summed E-state index contributed by atoms with van der Waals surface area (Å²) in [5, 5.41) is 0. The van der Waals surface area contributed by atoms with Crippen LogP contribution in [0.3, 0.4) is 0 Å². The highest BCUT2D eigenvalue weighted by atomic mass is 16.5. The van der Waals surface area contributed by atoms with Gasteiger partial charge in [0.15, 0.2) is 12.4 Å². The van der Waals surface area contributed by atoms with Gasteiger partial charge in [-0.15, -0.1) is 0 Å². The number of carbonyl (C=O) groups is 3. The molecule has 0 radical (unpaired) electrons. The molecule has 4 aliphatic carbocycles. The molecule has 142 valence electrons. The minimum atomic E-state index is -0.570. The fourth-order valence-electron chi connectivity index (χ4n) is 4.75. The number of hydrogen-bond acceptors (Lipinski definition) is 6. The van der Waals surface area contributed by atoms with Crippen molar-refractivity contribution in [3.63, 3.8) is 0 Å². The fourth-order valence-corrected chi connectivity index (χ4v) is 4.75. The zero-order valence-electron chi connectivity index (χ0n) is 15.3. The molecule has 1 aromatic rings. The lowest BCUT2D eigenvalue weighted by Gasteiger charge is -2.41. The molecule has 2 fully saturated rings. The highest BCUT2D eigenvalue weighted by molar-refractivity contribution is 5.98. The van der Waals surface area contributed by atoms with E-state index in [1.807, 2.05) is 12.2 Å². The molecule has 0 saturated heterocycles. The Hall–Kier alpha value is -2.63. The summed E-state index contributed by atoms with van der Waals surface area (Å²) in [5.74, 6) is -0.660. The number of ketones is 1. The summed E-state index contributed by atoms with van der Waals surface area (Å²) in [5.41, 5.74) is 0.445. The lowest BCUT2D eigenvalue weighted by Crippen LogP contribution is -2.47. The average molecular weight is 370 g/mol. The third kappa shape index (κ3) is 3.03. The van der Waals surface area contributed by atoms with Gasteiger partial charge in [-0.3, -0.25) is 14.4 Å². The second kappa shape index (κ2) is 6.83. The van der Waals surface area contributed by atoms with Gasteiger partial charge in [0.25, 0.3) is 0 Å². The van der Waals surface area contributed by atoms with Gasteiger partial charge >= 0.3 is 11.9 Å². The molecule has 4 aliphatic rings. The van der Waals surface area contributed by atoms with E-state index in [1.165, 1.54) is 7.11 Å². The number of hydrogen-bond donors (Lipinski definition) is 0. The van der Waals surface area contributed by atoms with Crippen molar-refractivity contribution in [2.75, 3.05) is 20.8 Å². The maximum Gasteiger partial charge on any atom is 0.310 e. The van der Waals surface area contributed by atoms with Gasteiger partial charge in [0.05, 0.1) is 26.1 Å². The van der Waals surface area contributed by atoms with Crippen molar-refractivity contribution in [1.29, 1.82) is 0 Å². The normalized spacial score (nSPS) is 32.4. The molecule has 2 bridgehead atoms. The minimum Gasteiger partial charge on any atom is -0.497 e. The smallest absolute Gasteiger partial charge is 0.310 e. The summed E-state index contributed by atoms with van der Waals surface area (Å²) >= 11 is 0. The van der Waals surface area contributed by atoms with Crippen molar-refractivity contribution in [3.05, 3.63) is 42.0 Å². The second-order valence-electron chi connectivity index (χ2n) is 7.44. The minimum absolute atomic E-state index is 0.00677. The second-order valence-corrected chi connectivity index (χ2v) is 7.44. The predicted octanol–water partition coefficient (Wildman–Crippen LogP) is 2.28. The Labute approximate surface area is 157 Å². The molecular weight excluding hydrogens is 348 g/mol. The van der Waals surface area contributed by atoms with Crippen LogP contribution in [0.2, 0.25) is 0 Å². The molecule has 0 unspecified atom stereocenters. The molecule has 1 aromatic carbocycles. The Bertz CT molecular complexity index is 795. The van der Waals surface area contributed by atoms with E-state index in [4.69, 9.17) is 14.2 Å². The Balaban J connectivity index is 1.44. The predicted molar refractivity (Wildman–Crippen MR) is 95.0 cm³/mol. The quantitative estimate of drug-likeness (QED) is 0.434. The molecule has 6 nitrogen and oxygen atoms in total. The van der Waals surface area contributed by atoms with Gasteiger partial charge < -0.3 is 14.2 Å². The first-order valence-electron chi connectivity index (χ1n) is 9.15. The first-order chi connectivity index (χ1) is 13.0. The van der Waals surface area contributed by atoms with E-state index in [2.05, 4.69) is 0 Å². The topological polar surface area (TPSA) is 78.9 Å². The third-order valence-corrected chi connectivity index (χ3v) is 6.15. The van der Waals surface area contributed by atoms with Crippen LogP contribution in [0, 0.1) is 35.5 Å². The number of rotatable bonds is 6. The highest BCUT2D eigenvalue weighted by Gasteiger charge is 2.63. The fraction of sp³-hybridized carbons (Fsp3) is 0.476. The summed E-state index contributed by atoms with van der Waals surface area (Å²) in [6.45, 7) is -0.343. The van der Waals surface area contributed by atoms with Crippen LogP contribution in [0.1, 0.15) is 16.8 Å². The van der Waals surface area contributed by atoms with Crippen LogP contribution in [0.4, 0.5) is 0 Å². The number of fused-ring (bicyclic) bond motifs is 1.